The molecule has 0 bridgehead atoms. The minimum absolute atomic E-state index is 0.00882. The number of carbonyl (C=O) groups excluding carboxylic acids is 2. The summed E-state index contributed by atoms with van der Waals surface area (Å²) in [7, 11) is 1.38. The lowest BCUT2D eigenvalue weighted by Crippen LogP contribution is -2.46. The Hall–Kier alpha value is -4.79. The van der Waals surface area contributed by atoms with Crippen molar-refractivity contribution in [3.05, 3.63) is 77.0 Å². The van der Waals surface area contributed by atoms with Gasteiger partial charge in [0, 0.05) is 24.6 Å². The highest BCUT2D eigenvalue weighted by Gasteiger charge is 2.43. The molecule has 1 fully saturated rings. The molecule has 0 radical (unpaired) electrons. The smallest absolute Gasteiger partial charge is 0.389 e. The van der Waals surface area contributed by atoms with Crippen LogP contribution in [0.15, 0.2) is 52.9 Å². The van der Waals surface area contributed by atoms with E-state index in [0.717, 1.165) is 31.0 Å². The molecule has 1 aliphatic carbocycles. The van der Waals surface area contributed by atoms with Crippen LogP contribution in [0.25, 0.3) is 33.6 Å². The van der Waals surface area contributed by atoms with Gasteiger partial charge in [-0.2, -0.15) is 18.4 Å². The van der Waals surface area contributed by atoms with E-state index in [9.17, 15) is 36.8 Å². The van der Waals surface area contributed by atoms with Gasteiger partial charge in [-0.25, -0.2) is 13.8 Å². The number of amides is 2. The van der Waals surface area contributed by atoms with E-state index in [1.165, 1.54) is 37.4 Å². The molecule has 12 heteroatoms. The third-order valence-electron chi connectivity index (χ3n) is 7.49. The number of aromatic nitrogens is 1. The second-order valence-corrected chi connectivity index (χ2v) is 10.6. The normalized spacial score (nSPS) is 14.7. The number of furan rings is 1. The van der Waals surface area contributed by atoms with Crippen molar-refractivity contribution in [2.75, 3.05) is 7.05 Å². The fraction of sp³-hybridized carbons (Fsp3) is 0.290. The van der Waals surface area contributed by atoms with Crippen molar-refractivity contribution >= 4 is 22.9 Å². The molecule has 2 aromatic carbocycles. The van der Waals surface area contributed by atoms with Crippen LogP contribution in [0.1, 0.15) is 52.6 Å². The Bertz CT molecular complexity index is 1770. The van der Waals surface area contributed by atoms with Gasteiger partial charge in [-0.1, -0.05) is 6.07 Å². The number of nitrogens with zero attached hydrogens (tertiary/aromatic N) is 2. The number of nitrogens with one attached hydrogen (secondary N) is 2. The molecule has 43 heavy (non-hydrogen) atoms. The Kier molecular flexibility index (Phi) is 7.69. The Labute approximate surface area is 242 Å². The molecule has 2 N–H and O–H groups in total. The van der Waals surface area contributed by atoms with Crippen molar-refractivity contribution in [2.24, 2.45) is 5.92 Å². The van der Waals surface area contributed by atoms with Gasteiger partial charge in [0.25, 0.3) is 11.8 Å². The van der Waals surface area contributed by atoms with Gasteiger partial charge in [-0.05, 0) is 80.1 Å². The average Bonchev–Trinajstić information content (AvgIpc) is 3.77. The van der Waals surface area contributed by atoms with E-state index in [2.05, 4.69) is 21.7 Å². The second kappa shape index (κ2) is 11.1. The van der Waals surface area contributed by atoms with Crippen LogP contribution in [0.2, 0.25) is 0 Å². The average molecular weight is 597 g/mol. The van der Waals surface area contributed by atoms with Gasteiger partial charge in [0.15, 0.2) is 0 Å². The standard InChI is InChI=1S/C31H25F5N4O3/c1-30(15-37,18-6-7-18)40-27(41)21-13-17(5-10-23(21)33)20-14-22-25(28(42)38-2)26(16-3-8-19(32)9-4-16)43-29(22)39-24(20)11-12-31(34,35)36/h3-5,8-10,13-14,18H,6-7,11-12H2,1-2H3,(H,38,42)(H,40,41)/t30-/m0/s1. The van der Waals surface area contributed by atoms with Gasteiger partial charge >= 0.3 is 6.18 Å². The third-order valence-corrected chi connectivity index (χ3v) is 7.49. The first kappa shape index (κ1) is 29.7. The molecule has 1 saturated carbocycles. The van der Waals surface area contributed by atoms with Crippen LogP contribution in [0.3, 0.4) is 0 Å². The fourth-order valence-corrected chi connectivity index (χ4v) is 4.97. The highest BCUT2D eigenvalue weighted by molar-refractivity contribution is 6.11. The molecule has 2 heterocycles. The number of benzene rings is 2. The van der Waals surface area contributed by atoms with E-state index in [4.69, 9.17) is 4.42 Å². The van der Waals surface area contributed by atoms with E-state index in [1.54, 1.807) is 6.92 Å². The van der Waals surface area contributed by atoms with Gasteiger partial charge in [-0.15, -0.1) is 0 Å². The molecule has 7 nitrogen and oxygen atoms in total. The number of alkyl halides is 3. The number of fused-ring (bicyclic) bond motifs is 1. The van der Waals surface area contributed by atoms with Crippen molar-refractivity contribution in [3.63, 3.8) is 0 Å². The number of hydrogen-bond donors (Lipinski definition) is 2. The number of carbonyl (C=O) groups is 2. The number of halogens is 5. The molecule has 2 amide bonds. The van der Waals surface area contributed by atoms with Gasteiger partial charge in [-0.3, -0.25) is 9.59 Å². The van der Waals surface area contributed by atoms with Crippen LogP contribution in [0.5, 0.6) is 0 Å². The molecule has 1 aliphatic rings. The summed E-state index contributed by atoms with van der Waals surface area (Å²) in [5, 5.41) is 14.9. The first-order valence-electron chi connectivity index (χ1n) is 13.4. The number of rotatable bonds is 8. The lowest BCUT2D eigenvalue weighted by atomic mass is 9.95. The Morgan fingerprint density at radius 2 is 1.72 bits per heavy atom. The predicted octanol–water partition coefficient (Wildman–Crippen LogP) is 6.72. The van der Waals surface area contributed by atoms with E-state index in [0.29, 0.717) is 5.56 Å². The summed E-state index contributed by atoms with van der Waals surface area (Å²) in [6.45, 7) is 1.55. The highest BCUT2D eigenvalue weighted by atomic mass is 19.4. The maximum Gasteiger partial charge on any atom is 0.389 e. The van der Waals surface area contributed by atoms with Crippen molar-refractivity contribution in [1.29, 1.82) is 5.26 Å². The third kappa shape index (κ3) is 6.07. The van der Waals surface area contributed by atoms with Gasteiger partial charge in [0.1, 0.15) is 22.9 Å². The van der Waals surface area contributed by atoms with Crippen LogP contribution in [-0.2, 0) is 6.42 Å². The molecular weight excluding hydrogens is 571 g/mol. The second-order valence-electron chi connectivity index (χ2n) is 10.6. The van der Waals surface area contributed by atoms with E-state index >= 15 is 0 Å². The first-order valence-corrected chi connectivity index (χ1v) is 13.4. The molecule has 5 rings (SSSR count). The van der Waals surface area contributed by atoms with Crippen molar-refractivity contribution in [1.82, 2.24) is 15.6 Å². The molecule has 0 saturated heterocycles. The zero-order valence-corrected chi connectivity index (χ0v) is 23.0. The minimum Gasteiger partial charge on any atom is -0.437 e. The van der Waals surface area contributed by atoms with Crippen LogP contribution >= 0.6 is 0 Å². The molecule has 0 aliphatic heterocycles. The maximum atomic E-state index is 14.9. The van der Waals surface area contributed by atoms with Gasteiger partial charge in [0.2, 0.25) is 5.71 Å². The fourth-order valence-electron chi connectivity index (χ4n) is 4.97. The summed E-state index contributed by atoms with van der Waals surface area (Å²) < 4.78 is 74.2. The quantitative estimate of drug-likeness (QED) is 0.220. The van der Waals surface area contributed by atoms with Crippen LogP contribution < -0.4 is 10.6 Å². The highest BCUT2D eigenvalue weighted by Crippen LogP contribution is 2.40. The monoisotopic (exact) mass is 596 g/mol. The minimum atomic E-state index is -4.53. The van der Waals surface area contributed by atoms with Crippen molar-refractivity contribution < 1.29 is 36.0 Å². The number of hydrogen-bond acceptors (Lipinski definition) is 5. The zero-order chi connectivity index (χ0) is 31.1. The van der Waals surface area contributed by atoms with Crippen molar-refractivity contribution in [3.8, 4) is 28.5 Å². The largest absolute Gasteiger partial charge is 0.437 e. The Morgan fingerprint density at radius 3 is 2.33 bits per heavy atom. The molecule has 1 atom stereocenters. The number of aryl methyl sites for hydroxylation is 1. The van der Waals surface area contributed by atoms with E-state index in [-0.39, 0.29) is 45.2 Å². The summed E-state index contributed by atoms with van der Waals surface area (Å²) in [6.07, 6.45) is -4.87. The maximum absolute atomic E-state index is 14.9. The lowest BCUT2D eigenvalue weighted by molar-refractivity contribution is -0.134. The summed E-state index contributed by atoms with van der Waals surface area (Å²) >= 11 is 0. The van der Waals surface area contributed by atoms with Crippen LogP contribution in [0.4, 0.5) is 22.0 Å². The summed E-state index contributed by atoms with van der Waals surface area (Å²) in [5.41, 5.74) is -1.20. The zero-order valence-electron chi connectivity index (χ0n) is 23.0. The van der Waals surface area contributed by atoms with Crippen LogP contribution in [-0.4, -0.2) is 35.6 Å². The van der Waals surface area contributed by atoms with Gasteiger partial charge < -0.3 is 15.1 Å². The molecule has 0 spiro atoms. The van der Waals surface area contributed by atoms with Gasteiger partial charge in [0.05, 0.1) is 28.3 Å². The molecular formula is C31H25F5N4O3. The van der Waals surface area contributed by atoms with Crippen molar-refractivity contribution in [2.45, 2.75) is 44.3 Å². The molecule has 2 aromatic heterocycles. The summed E-state index contributed by atoms with van der Waals surface area (Å²) in [4.78, 5) is 30.5. The molecule has 4 aromatic rings. The van der Waals surface area contributed by atoms with E-state index in [1.807, 2.05) is 0 Å². The molecule has 222 valence electrons. The number of pyridine rings is 1. The van der Waals surface area contributed by atoms with E-state index < -0.39 is 53.6 Å². The summed E-state index contributed by atoms with van der Waals surface area (Å²) in [5.74, 6) is -2.92. The number of nitriles is 1. The SMILES string of the molecule is CNC(=O)c1c(-c2ccc(F)cc2)oc2nc(CCC(F)(F)F)c(-c3ccc(F)c(C(=O)N[C@@](C)(C#N)C4CC4)c3)cc12. The molecule has 0 unspecified atom stereocenters. The Morgan fingerprint density at radius 1 is 1.05 bits per heavy atom. The lowest BCUT2D eigenvalue weighted by Gasteiger charge is -2.23. The predicted molar refractivity (Wildman–Crippen MR) is 147 cm³/mol. The topological polar surface area (TPSA) is 108 Å². The van der Waals surface area contributed by atoms with Crippen LogP contribution in [0, 0.1) is 28.9 Å². The Balaban J connectivity index is 1.67. The first-order chi connectivity index (χ1) is 20.3. The summed E-state index contributed by atoms with van der Waals surface area (Å²) in [6, 6.07) is 12.0.